The van der Waals surface area contributed by atoms with Crippen LogP contribution in [-0.4, -0.2) is 17.5 Å². The van der Waals surface area contributed by atoms with Crippen LogP contribution in [0.2, 0.25) is 0 Å². The van der Waals surface area contributed by atoms with E-state index < -0.39 is 18.3 Å². The first kappa shape index (κ1) is 15.0. The summed E-state index contributed by atoms with van der Waals surface area (Å²) < 4.78 is 42.2. The second kappa shape index (κ2) is 6.04. The topological polar surface area (TPSA) is 54.1 Å². The molecule has 23 heavy (non-hydrogen) atoms. The number of amides is 1. The Morgan fingerprint density at radius 3 is 2.70 bits per heavy atom. The number of halogens is 3. The zero-order chi connectivity index (χ0) is 16.4. The highest BCUT2D eigenvalue weighted by molar-refractivity contribution is 6.06. The number of alkyl halides is 2. The van der Waals surface area contributed by atoms with E-state index in [0.717, 1.165) is 0 Å². The van der Waals surface area contributed by atoms with E-state index in [-0.39, 0.29) is 17.1 Å². The summed E-state index contributed by atoms with van der Waals surface area (Å²) in [5.74, 6) is -1.11. The molecule has 0 fully saturated rings. The Kier molecular flexibility index (Phi) is 3.92. The normalized spacial score (nSPS) is 11.0. The molecule has 7 heteroatoms. The van der Waals surface area contributed by atoms with Crippen molar-refractivity contribution >= 4 is 22.5 Å². The minimum Gasteiger partial charge on any atom is -0.433 e. The highest BCUT2D eigenvalue weighted by atomic mass is 19.3. The number of carbonyl (C=O) groups is 1. The van der Waals surface area contributed by atoms with Crippen molar-refractivity contribution in [2.24, 2.45) is 0 Å². The standard InChI is InChI=1S/C16H11F3N2O2/c17-10-5-6-11-9(7-10)8-13(20-11)15(22)21-12-3-1-2-4-14(12)23-16(18)19/h1-8,16,20H,(H,21,22). The van der Waals surface area contributed by atoms with Crippen LogP contribution in [0.4, 0.5) is 18.9 Å². The summed E-state index contributed by atoms with van der Waals surface area (Å²) >= 11 is 0. The van der Waals surface area contributed by atoms with Crippen molar-refractivity contribution < 1.29 is 22.7 Å². The summed E-state index contributed by atoms with van der Waals surface area (Å²) in [6.45, 7) is -3.00. The molecule has 0 saturated carbocycles. The van der Waals surface area contributed by atoms with Crippen LogP contribution in [0.25, 0.3) is 10.9 Å². The van der Waals surface area contributed by atoms with Gasteiger partial charge in [-0.25, -0.2) is 4.39 Å². The highest BCUT2D eigenvalue weighted by Gasteiger charge is 2.14. The maximum atomic E-state index is 13.2. The Morgan fingerprint density at radius 2 is 1.91 bits per heavy atom. The molecule has 0 radical (unpaired) electrons. The van der Waals surface area contributed by atoms with Gasteiger partial charge < -0.3 is 15.0 Å². The van der Waals surface area contributed by atoms with E-state index in [9.17, 15) is 18.0 Å². The van der Waals surface area contributed by atoms with Crippen LogP contribution < -0.4 is 10.1 Å². The number of benzene rings is 2. The lowest BCUT2D eigenvalue weighted by atomic mass is 10.2. The Morgan fingerprint density at radius 1 is 1.13 bits per heavy atom. The molecule has 0 spiro atoms. The summed E-state index contributed by atoms with van der Waals surface area (Å²) in [6.07, 6.45) is 0. The van der Waals surface area contributed by atoms with Crippen LogP contribution in [0.3, 0.4) is 0 Å². The van der Waals surface area contributed by atoms with E-state index in [1.54, 1.807) is 6.07 Å². The number of carbonyl (C=O) groups excluding carboxylic acids is 1. The van der Waals surface area contributed by atoms with Crippen LogP contribution in [0, 0.1) is 5.82 Å². The van der Waals surface area contributed by atoms with Crippen molar-refractivity contribution in [3.63, 3.8) is 0 Å². The maximum absolute atomic E-state index is 13.2. The molecular formula is C16H11F3N2O2. The van der Waals surface area contributed by atoms with E-state index in [0.29, 0.717) is 10.9 Å². The molecule has 2 N–H and O–H groups in total. The summed E-state index contributed by atoms with van der Waals surface area (Å²) in [5.41, 5.74) is 0.883. The van der Waals surface area contributed by atoms with Crippen LogP contribution in [0.5, 0.6) is 5.75 Å². The molecule has 1 heterocycles. The second-order valence-electron chi connectivity index (χ2n) is 4.74. The largest absolute Gasteiger partial charge is 0.433 e. The van der Waals surface area contributed by atoms with Crippen molar-refractivity contribution in [1.82, 2.24) is 4.98 Å². The van der Waals surface area contributed by atoms with Gasteiger partial charge in [-0.1, -0.05) is 12.1 Å². The number of nitrogens with one attached hydrogen (secondary N) is 2. The van der Waals surface area contributed by atoms with Gasteiger partial charge in [-0.05, 0) is 36.4 Å². The van der Waals surface area contributed by atoms with E-state index in [1.165, 1.54) is 42.5 Å². The van der Waals surface area contributed by atoms with Crippen molar-refractivity contribution in [3.8, 4) is 5.75 Å². The monoisotopic (exact) mass is 320 g/mol. The fourth-order valence-electron chi connectivity index (χ4n) is 2.18. The lowest BCUT2D eigenvalue weighted by Gasteiger charge is -2.10. The van der Waals surface area contributed by atoms with Gasteiger partial charge in [0, 0.05) is 10.9 Å². The number of hydrogen-bond acceptors (Lipinski definition) is 2. The predicted molar refractivity (Wildman–Crippen MR) is 79.3 cm³/mol. The molecule has 1 aromatic heterocycles. The second-order valence-corrected chi connectivity index (χ2v) is 4.74. The van der Waals surface area contributed by atoms with E-state index in [1.807, 2.05) is 0 Å². The quantitative estimate of drug-likeness (QED) is 0.758. The Balaban J connectivity index is 1.86. The molecular weight excluding hydrogens is 309 g/mol. The number of hydrogen-bond donors (Lipinski definition) is 2. The van der Waals surface area contributed by atoms with Gasteiger partial charge in [-0.15, -0.1) is 0 Å². The van der Waals surface area contributed by atoms with E-state index in [4.69, 9.17) is 0 Å². The van der Waals surface area contributed by atoms with Gasteiger partial charge in [0.2, 0.25) is 0 Å². The number of ether oxygens (including phenoxy) is 1. The Bertz CT molecular complexity index is 861. The molecule has 118 valence electrons. The fraction of sp³-hybridized carbons (Fsp3) is 0.0625. The summed E-state index contributed by atoms with van der Waals surface area (Å²) in [5, 5.41) is 3.02. The number of anilines is 1. The smallest absolute Gasteiger partial charge is 0.387 e. The first-order chi connectivity index (χ1) is 11.0. The fourth-order valence-corrected chi connectivity index (χ4v) is 2.18. The molecule has 4 nitrogen and oxygen atoms in total. The predicted octanol–water partition coefficient (Wildman–Crippen LogP) is 4.16. The minimum absolute atomic E-state index is 0.114. The number of aromatic nitrogens is 1. The molecule has 2 aromatic carbocycles. The van der Waals surface area contributed by atoms with Gasteiger partial charge in [-0.2, -0.15) is 8.78 Å². The van der Waals surface area contributed by atoms with Gasteiger partial charge in [-0.3, -0.25) is 4.79 Å². The molecule has 3 aromatic rings. The van der Waals surface area contributed by atoms with E-state index in [2.05, 4.69) is 15.0 Å². The Hall–Kier alpha value is -2.96. The third-order valence-corrected chi connectivity index (χ3v) is 3.18. The van der Waals surface area contributed by atoms with Crippen LogP contribution in [-0.2, 0) is 0 Å². The number of para-hydroxylation sites is 2. The highest BCUT2D eigenvalue weighted by Crippen LogP contribution is 2.26. The molecule has 0 aliphatic rings. The van der Waals surface area contributed by atoms with Gasteiger partial charge in [0.25, 0.3) is 5.91 Å². The van der Waals surface area contributed by atoms with Crippen molar-refractivity contribution in [2.45, 2.75) is 6.61 Å². The maximum Gasteiger partial charge on any atom is 0.387 e. The van der Waals surface area contributed by atoms with Crippen molar-refractivity contribution in [2.75, 3.05) is 5.32 Å². The van der Waals surface area contributed by atoms with Gasteiger partial charge in [0.1, 0.15) is 17.3 Å². The van der Waals surface area contributed by atoms with Gasteiger partial charge >= 0.3 is 6.61 Å². The Labute approximate surface area is 128 Å². The average molecular weight is 320 g/mol. The number of aromatic amines is 1. The van der Waals surface area contributed by atoms with Crippen molar-refractivity contribution in [3.05, 3.63) is 60.0 Å². The zero-order valence-corrected chi connectivity index (χ0v) is 11.6. The third-order valence-electron chi connectivity index (χ3n) is 3.18. The average Bonchev–Trinajstić information content (AvgIpc) is 2.92. The van der Waals surface area contributed by atoms with Crippen LogP contribution in [0.1, 0.15) is 10.5 Å². The summed E-state index contributed by atoms with van der Waals surface area (Å²) in [6, 6.07) is 11.4. The van der Waals surface area contributed by atoms with Crippen LogP contribution >= 0.6 is 0 Å². The zero-order valence-electron chi connectivity index (χ0n) is 11.6. The SMILES string of the molecule is O=C(Nc1ccccc1OC(F)F)c1cc2cc(F)ccc2[nH]1. The van der Waals surface area contributed by atoms with Gasteiger partial charge in [0.05, 0.1) is 5.69 Å². The van der Waals surface area contributed by atoms with Crippen molar-refractivity contribution in [1.29, 1.82) is 0 Å². The van der Waals surface area contributed by atoms with Gasteiger partial charge in [0.15, 0.2) is 0 Å². The molecule has 1 amide bonds. The summed E-state index contributed by atoms with van der Waals surface area (Å²) in [4.78, 5) is 15.1. The lowest BCUT2D eigenvalue weighted by molar-refractivity contribution is -0.0493. The molecule has 0 atom stereocenters. The number of fused-ring (bicyclic) bond motifs is 1. The summed E-state index contributed by atoms with van der Waals surface area (Å²) in [7, 11) is 0. The third kappa shape index (κ3) is 3.28. The number of H-pyrrole nitrogens is 1. The molecule has 0 saturated heterocycles. The lowest BCUT2D eigenvalue weighted by Crippen LogP contribution is -2.14. The first-order valence-electron chi connectivity index (χ1n) is 6.66. The molecule has 0 aliphatic carbocycles. The number of rotatable bonds is 4. The minimum atomic E-state index is -3.00. The first-order valence-corrected chi connectivity index (χ1v) is 6.66. The molecule has 0 aliphatic heterocycles. The molecule has 0 unspecified atom stereocenters. The van der Waals surface area contributed by atoms with Crippen LogP contribution in [0.15, 0.2) is 48.5 Å². The van der Waals surface area contributed by atoms with E-state index >= 15 is 0 Å². The molecule has 0 bridgehead atoms. The molecule has 3 rings (SSSR count).